The summed E-state index contributed by atoms with van der Waals surface area (Å²) in [5, 5.41) is 12.5. The molecule has 3 aromatic carbocycles. The number of hydrogen-bond acceptors (Lipinski definition) is 4. The first kappa shape index (κ1) is 20.5. The number of carbonyl (C=O) groups excluding carboxylic acids is 1. The van der Waals surface area contributed by atoms with Gasteiger partial charge in [0.05, 0.1) is 13.2 Å². The Morgan fingerprint density at radius 3 is 2.48 bits per heavy atom. The van der Waals surface area contributed by atoms with Crippen LogP contribution >= 0.6 is 0 Å². The number of rotatable bonds is 7. The van der Waals surface area contributed by atoms with Crippen LogP contribution < -0.4 is 5.73 Å². The number of primary amides is 1. The molecule has 0 radical (unpaired) electrons. The average Bonchev–Trinajstić information content (AvgIpc) is 2.80. The molecule has 0 fully saturated rings. The Bertz CT molecular complexity index is 1180. The maximum absolute atomic E-state index is 11.2. The first-order valence-corrected chi connectivity index (χ1v) is 9.94. The molecule has 4 rings (SSSR count). The lowest BCUT2D eigenvalue weighted by Crippen LogP contribution is -2.32. The second kappa shape index (κ2) is 9.38. The summed E-state index contributed by atoms with van der Waals surface area (Å²) in [5.74, 6) is 0. The predicted octanol–water partition coefficient (Wildman–Crippen LogP) is 4.81. The van der Waals surface area contributed by atoms with Gasteiger partial charge in [-0.05, 0) is 45.2 Å². The van der Waals surface area contributed by atoms with Crippen LogP contribution in [0.2, 0.25) is 0 Å². The van der Waals surface area contributed by atoms with Crippen molar-refractivity contribution in [2.45, 2.75) is 19.3 Å². The van der Waals surface area contributed by atoms with Crippen LogP contribution in [0.4, 0.5) is 4.79 Å². The van der Waals surface area contributed by atoms with Gasteiger partial charge < -0.3 is 10.5 Å². The van der Waals surface area contributed by atoms with Crippen molar-refractivity contribution in [3.63, 3.8) is 0 Å². The summed E-state index contributed by atoms with van der Waals surface area (Å²) < 4.78 is 6.35. The third kappa shape index (κ3) is 5.06. The Morgan fingerprint density at radius 1 is 0.935 bits per heavy atom. The molecule has 2 amide bonds. The smallest absolute Gasteiger partial charge is 0.338 e. The van der Waals surface area contributed by atoms with Crippen LogP contribution in [-0.4, -0.2) is 21.3 Å². The van der Waals surface area contributed by atoms with E-state index in [2.05, 4.69) is 35.3 Å². The molecule has 0 saturated heterocycles. The third-order valence-corrected chi connectivity index (χ3v) is 5.06. The van der Waals surface area contributed by atoms with Crippen molar-refractivity contribution in [3.8, 4) is 0 Å². The van der Waals surface area contributed by atoms with Gasteiger partial charge in [0.2, 0.25) is 0 Å². The Kier molecular flexibility index (Phi) is 6.21. The zero-order chi connectivity index (χ0) is 21.6. The van der Waals surface area contributed by atoms with Crippen molar-refractivity contribution >= 4 is 16.8 Å². The van der Waals surface area contributed by atoms with Gasteiger partial charge in [-0.15, -0.1) is 0 Å². The SMILES string of the molecule is NC(=O)N(O)Cc1cccc(C(OCc2cccnc2)c2ccc3ccccc3c2)c1. The molecule has 3 N–H and O–H groups in total. The molecule has 156 valence electrons. The molecule has 0 spiro atoms. The second-order valence-corrected chi connectivity index (χ2v) is 7.30. The van der Waals surface area contributed by atoms with Gasteiger partial charge in [0, 0.05) is 12.4 Å². The van der Waals surface area contributed by atoms with Crippen LogP contribution in [-0.2, 0) is 17.9 Å². The molecule has 1 atom stereocenters. The number of nitrogens with two attached hydrogens (primary N) is 1. The van der Waals surface area contributed by atoms with Gasteiger partial charge >= 0.3 is 6.03 Å². The van der Waals surface area contributed by atoms with E-state index in [1.165, 1.54) is 0 Å². The monoisotopic (exact) mass is 413 g/mol. The normalized spacial score (nSPS) is 11.9. The van der Waals surface area contributed by atoms with E-state index in [0.29, 0.717) is 11.7 Å². The zero-order valence-electron chi connectivity index (χ0n) is 16.9. The van der Waals surface area contributed by atoms with Crippen LogP contribution in [0.5, 0.6) is 0 Å². The first-order valence-electron chi connectivity index (χ1n) is 9.94. The fourth-order valence-corrected chi connectivity index (χ4v) is 3.52. The molecule has 0 aliphatic carbocycles. The lowest BCUT2D eigenvalue weighted by Gasteiger charge is -2.21. The summed E-state index contributed by atoms with van der Waals surface area (Å²) >= 11 is 0. The minimum absolute atomic E-state index is 0.00375. The Hall–Kier alpha value is -3.74. The van der Waals surface area contributed by atoms with Gasteiger partial charge in [-0.1, -0.05) is 66.7 Å². The van der Waals surface area contributed by atoms with Gasteiger partial charge in [-0.2, -0.15) is 0 Å². The third-order valence-electron chi connectivity index (χ3n) is 5.06. The molecule has 0 bridgehead atoms. The second-order valence-electron chi connectivity index (χ2n) is 7.30. The Labute approximate surface area is 180 Å². The minimum Gasteiger partial charge on any atom is -0.364 e. The number of aromatic nitrogens is 1. The summed E-state index contributed by atoms with van der Waals surface area (Å²) in [4.78, 5) is 15.4. The summed E-state index contributed by atoms with van der Waals surface area (Å²) in [6, 6.07) is 25.0. The van der Waals surface area contributed by atoms with Crippen molar-refractivity contribution in [1.29, 1.82) is 0 Å². The van der Waals surface area contributed by atoms with Gasteiger partial charge in [0.1, 0.15) is 6.10 Å². The van der Waals surface area contributed by atoms with Gasteiger partial charge in [0.25, 0.3) is 0 Å². The van der Waals surface area contributed by atoms with Crippen molar-refractivity contribution in [3.05, 3.63) is 114 Å². The van der Waals surface area contributed by atoms with Crippen molar-refractivity contribution in [2.24, 2.45) is 5.73 Å². The number of pyridine rings is 1. The molecule has 1 heterocycles. The van der Waals surface area contributed by atoms with E-state index in [1.807, 2.05) is 48.5 Å². The quantitative estimate of drug-likeness (QED) is 0.336. The molecule has 4 aromatic rings. The lowest BCUT2D eigenvalue weighted by molar-refractivity contribution is -0.0471. The molecular weight excluding hydrogens is 390 g/mol. The highest BCUT2D eigenvalue weighted by atomic mass is 16.5. The predicted molar refractivity (Wildman–Crippen MR) is 118 cm³/mol. The Balaban J connectivity index is 1.68. The molecule has 1 unspecified atom stereocenters. The van der Waals surface area contributed by atoms with Crippen molar-refractivity contribution in [1.82, 2.24) is 10.0 Å². The van der Waals surface area contributed by atoms with Crippen LogP contribution in [0.3, 0.4) is 0 Å². The standard InChI is InChI=1S/C25H23N3O3/c26-25(29)28(30)16-18-5-3-9-22(13-18)24(31-17-19-6-4-12-27-15-19)23-11-10-20-7-1-2-8-21(20)14-23/h1-15,24,30H,16-17H2,(H2,26,29). The van der Waals surface area contributed by atoms with E-state index in [4.69, 9.17) is 10.5 Å². The van der Waals surface area contributed by atoms with Crippen molar-refractivity contribution < 1.29 is 14.7 Å². The van der Waals surface area contributed by atoms with E-state index < -0.39 is 6.03 Å². The number of hydroxylamine groups is 2. The molecule has 0 saturated carbocycles. The van der Waals surface area contributed by atoms with Gasteiger partial charge in [0.15, 0.2) is 0 Å². The number of benzene rings is 3. The fraction of sp³-hybridized carbons (Fsp3) is 0.120. The maximum Gasteiger partial charge on any atom is 0.338 e. The number of nitrogens with zero attached hydrogens (tertiary/aromatic N) is 2. The minimum atomic E-state index is -0.899. The Morgan fingerprint density at radius 2 is 1.71 bits per heavy atom. The molecule has 6 nitrogen and oxygen atoms in total. The first-order chi connectivity index (χ1) is 15.1. The van der Waals surface area contributed by atoms with E-state index in [1.54, 1.807) is 12.4 Å². The van der Waals surface area contributed by atoms with E-state index >= 15 is 0 Å². The number of carbonyl (C=O) groups is 1. The highest BCUT2D eigenvalue weighted by Gasteiger charge is 2.17. The molecule has 31 heavy (non-hydrogen) atoms. The van der Waals surface area contributed by atoms with Crippen LogP contribution in [0.15, 0.2) is 91.3 Å². The summed E-state index contributed by atoms with van der Waals surface area (Å²) in [6.45, 7) is 0.388. The lowest BCUT2D eigenvalue weighted by atomic mass is 9.97. The van der Waals surface area contributed by atoms with Crippen LogP contribution in [0.25, 0.3) is 10.8 Å². The number of fused-ring (bicyclic) bond motifs is 1. The largest absolute Gasteiger partial charge is 0.364 e. The van der Waals surface area contributed by atoms with Gasteiger partial charge in [-0.25, -0.2) is 9.86 Å². The summed E-state index contributed by atoms with van der Waals surface area (Å²) in [5.41, 5.74) is 8.78. The molecular formula is C25H23N3O3. The van der Waals surface area contributed by atoms with Crippen molar-refractivity contribution in [2.75, 3.05) is 0 Å². The number of hydrogen-bond donors (Lipinski definition) is 2. The number of amides is 2. The summed E-state index contributed by atoms with van der Waals surface area (Å²) in [6.07, 6.45) is 3.17. The van der Waals surface area contributed by atoms with E-state index in [9.17, 15) is 10.0 Å². The highest BCUT2D eigenvalue weighted by molar-refractivity contribution is 5.83. The molecule has 1 aromatic heterocycles. The maximum atomic E-state index is 11.2. The fourth-order valence-electron chi connectivity index (χ4n) is 3.52. The van der Waals surface area contributed by atoms with E-state index in [0.717, 1.165) is 33.0 Å². The molecule has 6 heteroatoms. The molecule has 0 aliphatic rings. The average molecular weight is 413 g/mol. The zero-order valence-corrected chi connectivity index (χ0v) is 16.9. The summed E-state index contributed by atoms with van der Waals surface area (Å²) in [7, 11) is 0. The van der Waals surface area contributed by atoms with Crippen LogP contribution in [0, 0.1) is 0 Å². The molecule has 0 aliphatic heterocycles. The number of urea groups is 1. The number of ether oxygens (including phenoxy) is 1. The highest BCUT2D eigenvalue weighted by Crippen LogP contribution is 2.30. The van der Waals surface area contributed by atoms with Gasteiger partial charge in [-0.3, -0.25) is 10.2 Å². The van der Waals surface area contributed by atoms with Crippen LogP contribution in [0.1, 0.15) is 28.4 Å². The van der Waals surface area contributed by atoms with E-state index in [-0.39, 0.29) is 12.6 Å². The topological polar surface area (TPSA) is 88.7 Å².